The van der Waals surface area contributed by atoms with E-state index in [0.29, 0.717) is 32.3 Å². The van der Waals surface area contributed by atoms with Gasteiger partial charge in [-0.3, -0.25) is 14.8 Å². The standard InChI is InChI=1S/C16H21N5O3S/c1-10-14(25-16(19-10)12-8-17-5-6-18-12)15(24)20-11(7-13(22)23)9-21(2,3)4/h5-6,8,11H,7,9H2,1-4H3,(H-,20,22,23,24). The number of carbonyl (C=O) groups is 2. The van der Waals surface area contributed by atoms with E-state index in [1.165, 1.54) is 11.3 Å². The van der Waals surface area contributed by atoms with Crippen molar-refractivity contribution in [3.63, 3.8) is 0 Å². The van der Waals surface area contributed by atoms with Gasteiger partial charge in [0.15, 0.2) is 0 Å². The summed E-state index contributed by atoms with van der Waals surface area (Å²) in [5.41, 5.74) is 1.16. The number of nitrogens with one attached hydrogen (secondary N) is 1. The molecule has 1 amide bonds. The quantitative estimate of drug-likeness (QED) is 0.686. The molecule has 0 saturated heterocycles. The molecule has 1 unspecified atom stereocenters. The summed E-state index contributed by atoms with van der Waals surface area (Å²) in [6.45, 7) is 2.20. The van der Waals surface area contributed by atoms with Crippen LogP contribution in [0.3, 0.4) is 0 Å². The highest BCUT2D eigenvalue weighted by Crippen LogP contribution is 2.26. The first-order valence-corrected chi connectivity index (χ1v) is 8.52. The van der Waals surface area contributed by atoms with Crippen LogP contribution in [0.15, 0.2) is 18.6 Å². The minimum atomic E-state index is -1.19. The first-order chi connectivity index (χ1) is 11.7. The molecule has 0 aliphatic heterocycles. The van der Waals surface area contributed by atoms with Crippen LogP contribution in [0.25, 0.3) is 10.7 Å². The minimum absolute atomic E-state index is 0.240. The van der Waals surface area contributed by atoms with E-state index >= 15 is 0 Å². The number of quaternary nitrogens is 1. The molecular formula is C16H21N5O3S. The van der Waals surface area contributed by atoms with E-state index in [9.17, 15) is 14.7 Å². The van der Waals surface area contributed by atoms with Gasteiger partial charge in [0.2, 0.25) is 0 Å². The third-order valence-corrected chi connectivity index (χ3v) is 4.48. The van der Waals surface area contributed by atoms with Crippen molar-refractivity contribution in [1.29, 1.82) is 0 Å². The maximum absolute atomic E-state index is 12.6. The van der Waals surface area contributed by atoms with Crippen molar-refractivity contribution < 1.29 is 19.2 Å². The Kier molecular flexibility index (Phi) is 5.81. The molecule has 2 aromatic heterocycles. The van der Waals surface area contributed by atoms with Crippen LogP contribution < -0.4 is 10.4 Å². The summed E-state index contributed by atoms with van der Waals surface area (Å²) in [5, 5.41) is 14.4. The molecule has 0 bridgehead atoms. The normalized spacial score (nSPS) is 12.6. The Hall–Kier alpha value is -2.39. The van der Waals surface area contributed by atoms with Crippen LogP contribution in [-0.2, 0) is 4.79 Å². The van der Waals surface area contributed by atoms with Crippen molar-refractivity contribution in [3.05, 3.63) is 29.2 Å². The highest BCUT2D eigenvalue weighted by atomic mass is 32.1. The van der Waals surface area contributed by atoms with Gasteiger partial charge in [-0.25, -0.2) is 4.98 Å². The van der Waals surface area contributed by atoms with Gasteiger partial charge in [-0.1, -0.05) is 0 Å². The fourth-order valence-corrected chi connectivity index (χ4v) is 3.33. The molecule has 0 aromatic carbocycles. The molecule has 0 radical (unpaired) electrons. The van der Waals surface area contributed by atoms with Crippen molar-refractivity contribution in [2.45, 2.75) is 19.4 Å². The first-order valence-electron chi connectivity index (χ1n) is 7.70. The molecule has 2 aromatic rings. The molecule has 0 spiro atoms. The second-order valence-electron chi connectivity index (χ2n) is 6.74. The zero-order valence-electron chi connectivity index (χ0n) is 14.6. The van der Waals surface area contributed by atoms with Gasteiger partial charge in [0.25, 0.3) is 5.91 Å². The number of carbonyl (C=O) groups excluding carboxylic acids is 2. The summed E-state index contributed by atoms with van der Waals surface area (Å²) in [5.74, 6) is -1.54. The lowest BCUT2D eigenvalue weighted by atomic mass is 10.1. The maximum atomic E-state index is 12.6. The van der Waals surface area contributed by atoms with Gasteiger partial charge in [-0.05, 0) is 6.92 Å². The fourth-order valence-electron chi connectivity index (χ4n) is 2.40. The second kappa shape index (κ2) is 7.66. The lowest BCUT2D eigenvalue weighted by molar-refractivity contribution is -0.871. The lowest BCUT2D eigenvalue weighted by Crippen LogP contribution is -2.50. The number of aliphatic carboxylic acids is 1. The summed E-state index contributed by atoms with van der Waals surface area (Å²) in [6, 6.07) is -0.529. The number of likely N-dealkylation sites (N-methyl/N-ethyl adjacent to an activating group) is 1. The SMILES string of the molecule is Cc1nc(-c2cnccn2)sc1C(=O)NC(CC(=O)[O-])C[N+](C)(C)C. The van der Waals surface area contributed by atoms with Crippen LogP contribution in [0.4, 0.5) is 0 Å². The summed E-state index contributed by atoms with van der Waals surface area (Å²) in [6.07, 6.45) is 4.46. The Morgan fingerprint density at radius 3 is 2.60 bits per heavy atom. The number of aromatic nitrogens is 3. The van der Waals surface area contributed by atoms with E-state index in [2.05, 4.69) is 20.3 Å². The largest absolute Gasteiger partial charge is 0.550 e. The van der Waals surface area contributed by atoms with Crippen LogP contribution >= 0.6 is 11.3 Å². The van der Waals surface area contributed by atoms with Crippen molar-refractivity contribution in [3.8, 4) is 10.7 Å². The zero-order valence-corrected chi connectivity index (χ0v) is 15.5. The molecule has 0 fully saturated rings. The molecule has 0 aliphatic rings. The lowest BCUT2D eigenvalue weighted by Gasteiger charge is -2.29. The van der Waals surface area contributed by atoms with Gasteiger partial charge < -0.3 is 19.7 Å². The van der Waals surface area contributed by atoms with E-state index in [0.717, 1.165) is 0 Å². The number of rotatable bonds is 7. The average Bonchev–Trinajstić information content (AvgIpc) is 2.87. The molecule has 8 nitrogen and oxygen atoms in total. The highest BCUT2D eigenvalue weighted by Gasteiger charge is 2.24. The number of nitrogens with zero attached hydrogens (tertiary/aromatic N) is 4. The number of hydrogen-bond donors (Lipinski definition) is 1. The number of hydrogen-bond acceptors (Lipinski definition) is 7. The Morgan fingerprint density at radius 2 is 2.04 bits per heavy atom. The van der Waals surface area contributed by atoms with Crippen molar-refractivity contribution in [2.24, 2.45) is 0 Å². The van der Waals surface area contributed by atoms with E-state index in [-0.39, 0.29) is 12.3 Å². The molecule has 1 N–H and O–H groups in total. The van der Waals surface area contributed by atoms with Crippen LogP contribution in [0.2, 0.25) is 0 Å². The van der Waals surface area contributed by atoms with Crippen molar-refractivity contribution in [2.75, 3.05) is 27.7 Å². The number of carboxylic acid groups (broad SMARTS) is 1. The molecule has 1 atom stereocenters. The summed E-state index contributed by atoms with van der Waals surface area (Å²) in [7, 11) is 5.79. The van der Waals surface area contributed by atoms with Crippen LogP contribution in [0.5, 0.6) is 0 Å². The molecule has 134 valence electrons. The molecule has 9 heteroatoms. The van der Waals surface area contributed by atoms with Gasteiger partial charge in [-0.2, -0.15) is 0 Å². The Labute approximate surface area is 150 Å². The van der Waals surface area contributed by atoms with Gasteiger partial charge >= 0.3 is 0 Å². The highest BCUT2D eigenvalue weighted by molar-refractivity contribution is 7.17. The number of amides is 1. The first kappa shape index (κ1) is 18.9. The Morgan fingerprint density at radius 1 is 1.32 bits per heavy atom. The molecule has 0 saturated carbocycles. The Balaban J connectivity index is 2.18. The number of aryl methyl sites for hydroxylation is 1. The third kappa shape index (κ3) is 5.57. The predicted molar refractivity (Wildman–Crippen MR) is 91.7 cm³/mol. The van der Waals surface area contributed by atoms with E-state index in [1.807, 2.05) is 21.1 Å². The fraction of sp³-hybridized carbons (Fsp3) is 0.438. The van der Waals surface area contributed by atoms with Crippen molar-refractivity contribution in [1.82, 2.24) is 20.3 Å². The molecule has 2 heterocycles. The monoisotopic (exact) mass is 363 g/mol. The summed E-state index contributed by atoms with van der Waals surface area (Å²) in [4.78, 5) is 36.5. The van der Waals surface area contributed by atoms with Crippen molar-refractivity contribution >= 4 is 23.2 Å². The number of thiazole rings is 1. The van der Waals surface area contributed by atoms with E-state index in [1.54, 1.807) is 25.5 Å². The smallest absolute Gasteiger partial charge is 0.263 e. The second-order valence-corrected chi connectivity index (χ2v) is 7.74. The maximum Gasteiger partial charge on any atom is 0.263 e. The summed E-state index contributed by atoms with van der Waals surface area (Å²) < 4.78 is 0.519. The predicted octanol–water partition coefficient (Wildman–Crippen LogP) is -0.147. The third-order valence-electron chi connectivity index (χ3n) is 3.30. The summed E-state index contributed by atoms with van der Waals surface area (Å²) >= 11 is 1.21. The molecule has 0 aliphatic carbocycles. The zero-order chi connectivity index (χ0) is 18.6. The van der Waals surface area contributed by atoms with Gasteiger partial charge in [0.05, 0.1) is 45.6 Å². The molecule has 25 heavy (non-hydrogen) atoms. The Bertz CT molecular complexity index is 755. The van der Waals surface area contributed by atoms with Crippen LogP contribution in [-0.4, -0.2) is 65.0 Å². The minimum Gasteiger partial charge on any atom is -0.550 e. The van der Waals surface area contributed by atoms with Gasteiger partial charge in [0.1, 0.15) is 15.6 Å². The molecule has 2 rings (SSSR count). The van der Waals surface area contributed by atoms with Crippen LogP contribution in [0, 0.1) is 6.92 Å². The molecular weight excluding hydrogens is 342 g/mol. The van der Waals surface area contributed by atoms with Gasteiger partial charge in [-0.15, -0.1) is 11.3 Å². The van der Waals surface area contributed by atoms with E-state index < -0.39 is 12.0 Å². The number of carboxylic acids is 1. The van der Waals surface area contributed by atoms with Gasteiger partial charge in [0, 0.05) is 24.8 Å². The average molecular weight is 363 g/mol. The van der Waals surface area contributed by atoms with Crippen LogP contribution in [0.1, 0.15) is 21.8 Å². The van der Waals surface area contributed by atoms with E-state index in [4.69, 9.17) is 0 Å². The topological polar surface area (TPSA) is 108 Å².